The van der Waals surface area contributed by atoms with Crippen LogP contribution >= 0.6 is 7.82 Å². The van der Waals surface area contributed by atoms with Crippen molar-refractivity contribution in [1.82, 2.24) is 0 Å². The molecule has 0 fully saturated rings. The van der Waals surface area contributed by atoms with Crippen LogP contribution in [0.5, 0.6) is 0 Å². The summed E-state index contributed by atoms with van der Waals surface area (Å²) in [6.07, 6.45) is 0. The van der Waals surface area contributed by atoms with Crippen LogP contribution in [0.1, 0.15) is 0 Å². The summed E-state index contributed by atoms with van der Waals surface area (Å²) in [4.78, 5) is 54.6. The Kier molecular flexibility index (Phi) is 11.3. The zero-order valence-corrected chi connectivity index (χ0v) is 10.5. The number of hydrogen-bond acceptors (Lipinski definition) is 5. The molecule has 8 nitrogen and oxygen atoms in total. The van der Waals surface area contributed by atoms with Gasteiger partial charge in [-0.25, -0.2) is 4.57 Å². The molecule has 0 amide bonds. The van der Waals surface area contributed by atoms with Crippen LogP contribution in [0.3, 0.4) is 0 Å². The summed E-state index contributed by atoms with van der Waals surface area (Å²) in [6, 6.07) is 0. The maximum atomic E-state index is 8.88. The molecule has 0 saturated heterocycles. The molecule has 0 atom stereocenters. The van der Waals surface area contributed by atoms with Gasteiger partial charge < -0.3 is 33.9 Å². The van der Waals surface area contributed by atoms with Crippen molar-refractivity contribution < 1.29 is 74.0 Å². The van der Waals surface area contributed by atoms with E-state index in [1.807, 2.05) is 0 Å². The second-order valence-electron chi connectivity index (χ2n) is 1.04. The van der Waals surface area contributed by atoms with Gasteiger partial charge in [0.1, 0.15) is 0 Å². The van der Waals surface area contributed by atoms with E-state index in [1.54, 1.807) is 0 Å². The van der Waals surface area contributed by atoms with E-state index in [-0.39, 0.29) is 35.6 Å². The van der Waals surface area contributed by atoms with Crippen molar-refractivity contribution in [2.24, 2.45) is 0 Å². The summed E-state index contributed by atoms with van der Waals surface area (Å²) < 4.78 is 8.88. The Labute approximate surface area is 90.5 Å². The van der Waals surface area contributed by atoms with Crippen LogP contribution in [0.4, 0.5) is 0 Å². The molecule has 0 aliphatic heterocycles. The van der Waals surface area contributed by atoms with Crippen LogP contribution < -0.4 is 14.4 Å². The largest absolute Gasteiger partial charge is 3.00 e. The Bertz CT molecular complexity index is 106. The zero-order valence-electron chi connectivity index (χ0n) is 4.95. The van der Waals surface area contributed by atoms with Gasteiger partial charge in [-0.3, -0.25) is 0 Å². The van der Waals surface area contributed by atoms with Crippen LogP contribution in [-0.2, 0) is 4.57 Å². The van der Waals surface area contributed by atoms with Gasteiger partial charge in [0, 0.05) is 0 Å². The fraction of sp³-hybridized carbons (Fsp3) is 0. The van der Waals surface area contributed by atoms with Gasteiger partial charge >= 0.3 is 43.4 Å². The average Bonchev–Trinajstić information content (AvgIpc) is 1.12. The Morgan fingerprint density at radius 3 is 1.09 bits per heavy atom. The van der Waals surface area contributed by atoms with Crippen molar-refractivity contribution in [3.05, 3.63) is 0 Å². The summed E-state index contributed by atoms with van der Waals surface area (Å²) in [5.41, 5.74) is 0. The predicted octanol–water partition coefficient (Wildman–Crippen LogP) is -5.43. The summed E-state index contributed by atoms with van der Waals surface area (Å²) in [7, 11) is -10.0. The van der Waals surface area contributed by atoms with Crippen LogP contribution in [-0.4, -0.2) is 28.5 Å². The van der Waals surface area contributed by atoms with Gasteiger partial charge in [0.15, 0.2) is 0 Å². The molecule has 11 heavy (non-hydrogen) atoms. The van der Waals surface area contributed by atoms with Gasteiger partial charge in [-0.2, -0.15) is 0 Å². The number of rotatable bonds is 0. The summed E-state index contributed by atoms with van der Waals surface area (Å²) in [6.45, 7) is 0. The van der Waals surface area contributed by atoms with Gasteiger partial charge in [-0.05, 0) is 0 Å². The van der Waals surface area contributed by atoms with Gasteiger partial charge in [0.05, 0.1) is 0 Å². The first kappa shape index (κ1) is 18.2. The molecule has 0 rings (SSSR count). The molecule has 0 spiro atoms. The Morgan fingerprint density at radius 1 is 1.09 bits per heavy atom. The topological polar surface area (TPSA) is 167 Å². The van der Waals surface area contributed by atoms with Crippen molar-refractivity contribution in [1.29, 1.82) is 0 Å². The third kappa shape index (κ3) is 537. The van der Waals surface area contributed by atoms with E-state index in [1.165, 1.54) is 0 Å². The minimum Gasteiger partial charge on any atom is -0.861 e. The first-order chi connectivity index (χ1) is 4.00. The second-order valence-corrected chi connectivity index (χ2v) is 3.11. The van der Waals surface area contributed by atoms with Crippen LogP contribution in [0.25, 0.3) is 0 Å². The molecule has 0 bridgehead atoms. The SMILES string of the molecule is O=P(O)(O)O.[La+3].[O-][Si]([O-])([O-])O. The Morgan fingerprint density at radius 2 is 1.09 bits per heavy atom. The quantitative estimate of drug-likeness (QED) is 0.252. The zero-order chi connectivity index (χ0) is 9.00. The minimum absolute atomic E-state index is 0. The van der Waals surface area contributed by atoms with Crippen molar-refractivity contribution in [3.8, 4) is 0 Å². The molecular formula is H4LaO8PSi. The summed E-state index contributed by atoms with van der Waals surface area (Å²) >= 11 is 0. The Balaban J connectivity index is -0.000000107. The molecule has 0 unspecified atom stereocenters. The summed E-state index contributed by atoms with van der Waals surface area (Å²) in [5.74, 6) is 0. The summed E-state index contributed by atoms with van der Waals surface area (Å²) in [5, 5.41) is 0. The van der Waals surface area contributed by atoms with E-state index in [9.17, 15) is 0 Å². The molecule has 0 saturated carbocycles. The van der Waals surface area contributed by atoms with Crippen LogP contribution in [0.15, 0.2) is 0 Å². The van der Waals surface area contributed by atoms with Crippen LogP contribution in [0, 0.1) is 35.6 Å². The fourth-order valence-corrected chi connectivity index (χ4v) is 0. The molecule has 11 heteroatoms. The van der Waals surface area contributed by atoms with E-state index in [0.717, 1.165) is 0 Å². The molecule has 0 radical (unpaired) electrons. The third-order valence-corrected chi connectivity index (χ3v) is 0. The van der Waals surface area contributed by atoms with Crippen molar-refractivity contribution in [3.63, 3.8) is 0 Å². The van der Waals surface area contributed by atoms with E-state index >= 15 is 0 Å². The molecule has 64 valence electrons. The normalized spacial score (nSPS) is 10.8. The molecule has 0 aliphatic rings. The van der Waals surface area contributed by atoms with Crippen molar-refractivity contribution in [2.75, 3.05) is 0 Å². The Hall–Kier alpha value is 1.36. The fourth-order valence-electron chi connectivity index (χ4n) is 0. The minimum atomic E-state index is -5.36. The molecule has 0 aliphatic carbocycles. The van der Waals surface area contributed by atoms with Gasteiger partial charge in [-0.1, -0.05) is 0 Å². The monoisotopic (exact) mass is 330 g/mol. The standard InChI is InChI=1S/La.H3O4P.HO4Si/c;2*1-5(2,3)4/h;(H3,1,2,3,4);1H/q+3;;-3. The van der Waals surface area contributed by atoms with E-state index in [0.29, 0.717) is 0 Å². The van der Waals surface area contributed by atoms with Crippen molar-refractivity contribution >= 4 is 16.9 Å². The molecule has 0 aromatic rings. The third-order valence-electron chi connectivity index (χ3n) is 0. The molecule has 0 aromatic heterocycles. The number of phosphoric acid groups is 1. The van der Waals surface area contributed by atoms with E-state index in [4.69, 9.17) is 38.4 Å². The van der Waals surface area contributed by atoms with Gasteiger partial charge in [0.25, 0.3) is 0 Å². The van der Waals surface area contributed by atoms with Gasteiger partial charge in [0.2, 0.25) is 0 Å². The van der Waals surface area contributed by atoms with Crippen molar-refractivity contribution in [2.45, 2.75) is 0 Å². The molecule has 4 N–H and O–H groups in total. The van der Waals surface area contributed by atoms with E-state index < -0.39 is 16.9 Å². The second kappa shape index (κ2) is 6.83. The van der Waals surface area contributed by atoms with Gasteiger partial charge in [-0.15, -0.1) is 9.05 Å². The average molecular weight is 330 g/mol. The molecular weight excluding hydrogens is 326 g/mol. The molecule has 0 aromatic carbocycles. The van der Waals surface area contributed by atoms with Crippen LogP contribution in [0.2, 0.25) is 0 Å². The predicted molar refractivity (Wildman–Crippen MR) is 22.2 cm³/mol. The van der Waals surface area contributed by atoms with E-state index in [2.05, 4.69) is 0 Å². The molecule has 0 heterocycles. The number of hydrogen-bond donors (Lipinski definition) is 4. The smallest absolute Gasteiger partial charge is 0.861 e. The maximum absolute atomic E-state index is 8.88. The maximum Gasteiger partial charge on any atom is 3.00 e. The first-order valence-electron chi connectivity index (χ1n) is 1.62. The first-order valence-corrected chi connectivity index (χ1v) is 4.86.